The summed E-state index contributed by atoms with van der Waals surface area (Å²) < 4.78 is 19.7. The lowest BCUT2D eigenvalue weighted by molar-refractivity contribution is 0.00578. The van der Waals surface area contributed by atoms with Crippen LogP contribution in [0.4, 0.5) is 0 Å². The molecule has 0 aliphatic carbocycles. The maximum absolute atomic E-state index is 6.02. The van der Waals surface area contributed by atoms with Gasteiger partial charge in [0.15, 0.2) is 0 Å². The second kappa shape index (κ2) is 4.86. The number of rotatable bonds is 2. The Kier molecular flexibility index (Phi) is 3.43. The molecular formula is C14H23BN2O3. The number of hydrogen-bond acceptors (Lipinski definition) is 4. The first-order chi connectivity index (χ1) is 9.39. The van der Waals surface area contributed by atoms with Crippen molar-refractivity contribution in [2.24, 2.45) is 0 Å². The molecule has 3 rings (SSSR count). The Morgan fingerprint density at radius 2 is 1.95 bits per heavy atom. The van der Waals surface area contributed by atoms with Gasteiger partial charge in [-0.05, 0) is 40.5 Å². The van der Waals surface area contributed by atoms with E-state index in [2.05, 4.69) is 37.2 Å². The second-order valence-electron chi connectivity index (χ2n) is 6.70. The minimum Gasteiger partial charge on any atom is -0.398 e. The Labute approximate surface area is 120 Å². The summed E-state index contributed by atoms with van der Waals surface area (Å²) in [6, 6.07) is 0.382. The Morgan fingerprint density at radius 3 is 2.55 bits per heavy atom. The van der Waals surface area contributed by atoms with Crippen molar-refractivity contribution in [1.82, 2.24) is 9.55 Å². The fraction of sp³-hybridized carbons (Fsp3) is 0.786. The van der Waals surface area contributed by atoms with Crippen molar-refractivity contribution in [2.45, 2.75) is 57.8 Å². The lowest BCUT2D eigenvalue weighted by Crippen LogP contribution is -2.41. The van der Waals surface area contributed by atoms with E-state index in [1.807, 2.05) is 12.5 Å². The van der Waals surface area contributed by atoms with E-state index in [0.29, 0.717) is 6.04 Å². The summed E-state index contributed by atoms with van der Waals surface area (Å²) in [6.07, 6.45) is 6.13. The summed E-state index contributed by atoms with van der Waals surface area (Å²) in [7, 11) is -0.384. The molecular weight excluding hydrogens is 255 g/mol. The molecule has 0 aromatic carbocycles. The van der Waals surface area contributed by atoms with Crippen LogP contribution in [-0.2, 0) is 14.0 Å². The standard InChI is InChI=1S/C14H23BN2O3/c1-13(2)14(3,4)20-15(19-13)12-8-17(10-16-12)11-6-5-7-18-9-11/h8,10-11H,5-7,9H2,1-4H3. The van der Waals surface area contributed by atoms with Gasteiger partial charge in [0.05, 0.1) is 35.8 Å². The van der Waals surface area contributed by atoms with Crippen LogP contribution in [0.1, 0.15) is 46.6 Å². The van der Waals surface area contributed by atoms with E-state index in [9.17, 15) is 0 Å². The van der Waals surface area contributed by atoms with Crippen LogP contribution in [-0.4, -0.2) is 41.1 Å². The second-order valence-corrected chi connectivity index (χ2v) is 6.70. The van der Waals surface area contributed by atoms with Crippen LogP contribution in [0.3, 0.4) is 0 Å². The molecule has 110 valence electrons. The molecule has 0 N–H and O–H groups in total. The van der Waals surface area contributed by atoms with Crippen molar-refractivity contribution in [3.05, 3.63) is 12.5 Å². The van der Waals surface area contributed by atoms with Crippen molar-refractivity contribution in [3.63, 3.8) is 0 Å². The summed E-state index contributed by atoms with van der Waals surface area (Å²) in [5, 5.41) is 0. The van der Waals surface area contributed by atoms with E-state index in [-0.39, 0.29) is 18.3 Å². The molecule has 1 aromatic rings. The first-order valence-corrected chi connectivity index (χ1v) is 7.36. The molecule has 2 aliphatic rings. The Hall–Kier alpha value is -0.845. The Bertz CT molecular complexity index is 465. The van der Waals surface area contributed by atoms with E-state index in [4.69, 9.17) is 14.0 Å². The van der Waals surface area contributed by atoms with Gasteiger partial charge in [-0.2, -0.15) is 0 Å². The molecule has 0 saturated carbocycles. The third-order valence-electron chi connectivity index (χ3n) is 4.67. The Morgan fingerprint density at radius 1 is 1.25 bits per heavy atom. The van der Waals surface area contributed by atoms with Gasteiger partial charge >= 0.3 is 7.12 Å². The zero-order valence-corrected chi connectivity index (χ0v) is 12.8. The van der Waals surface area contributed by atoms with Gasteiger partial charge in [0.1, 0.15) is 0 Å². The zero-order chi connectivity index (χ0) is 14.4. The summed E-state index contributed by atoms with van der Waals surface area (Å²) >= 11 is 0. The molecule has 1 atom stereocenters. The van der Waals surface area contributed by atoms with Crippen LogP contribution < -0.4 is 5.59 Å². The summed E-state index contributed by atoms with van der Waals surface area (Å²) in [5.74, 6) is 0. The molecule has 0 radical (unpaired) electrons. The van der Waals surface area contributed by atoms with E-state index in [0.717, 1.165) is 31.6 Å². The highest BCUT2D eigenvalue weighted by Gasteiger charge is 2.52. The topological polar surface area (TPSA) is 45.5 Å². The molecule has 6 heteroatoms. The third-order valence-corrected chi connectivity index (χ3v) is 4.67. The van der Waals surface area contributed by atoms with Gasteiger partial charge in [-0.3, -0.25) is 0 Å². The first kappa shape index (κ1) is 14.1. The molecule has 2 saturated heterocycles. The van der Waals surface area contributed by atoms with Crippen molar-refractivity contribution in [1.29, 1.82) is 0 Å². The van der Waals surface area contributed by atoms with Crippen LogP contribution in [0.15, 0.2) is 12.5 Å². The van der Waals surface area contributed by atoms with E-state index < -0.39 is 0 Å². The van der Waals surface area contributed by atoms with Crippen LogP contribution in [0, 0.1) is 0 Å². The Balaban J connectivity index is 1.74. The monoisotopic (exact) mass is 278 g/mol. The predicted molar refractivity (Wildman–Crippen MR) is 77.0 cm³/mol. The van der Waals surface area contributed by atoms with E-state index >= 15 is 0 Å². The molecule has 2 fully saturated rings. The number of nitrogens with zero attached hydrogens (tertiary/aromatic N) is 2. The average Bonchev–Trinajstić information content (AvgIpc) is 2.94. The highest BCUT2D eigenvalue weighted by molar-refractivity contribution is 6.61. The highest BCUT2D eigenvalue weighted by Crippen LogP contribution is 2.36. The third kappa shape index (κ3) is 2.40. The average molecular weight is 278 g/mol. The lowest BCUT2D eigenvalue weighted by atomic mass is 9.86. The van der Waals surface area contributed by atoms with Crippen LogP contribution in [0.25, 0.3) is 0 Å². The van der Waals surface area contributed by atoms with E-state index in [1.54, 1.807) is 0 Å². The molecule has 1 aromatic heterocycles. The SMILES string of the molecule is CC1(C)OB(c2cn(C3CCCOC3)cn2)OC1(C)C. The van der Waals surface area contributed by atoms with Gasteiger partial charge in [-0.1, -0.05) is 0 Å². The van der Waals surface area contributed by atoms with Crippen molar-refractivity contribution < 1.29 is 14.0 Å². The maximum atomic E-state index is 6.02. The quantitative estimate of drug-likeness (QED) is 0.770. The van der Waals surface area contributed by atoms with Crippen molar-refractivity contribution in [2.75, 3.05) is 13.2 Å². The molecule has 20 heavy (non-hydrogen) atoms. The molecule has 0 bridgehead atoms. The van der Waals surface area contributed by atoms with Crippen molar-refractivity contribution in [3.8, 4) is 0 Å². The normalized spacial score (nSPS) is 28.8. The largest absolute Gasteiger partial charge is 0.516 e. The molecule has 0 amide bonds. The van der Waals surface area contributed by atoms with Gasteiger partial charge in [0, 0.05) is 12.8 Å². The summed E-state index contributed by atoms with van der Waals surface area (Å²) in [4.78, 5) is 4.46. The lowest BCUT2D eigenvalue weighted by Gasteiger charge is -2.32. The smallest absolute Gasteiger partial charge is 0.398 e. The van der Waals surface area contributed by atoms with Gasteiger partial charge in [0.25, 0.3) is 0 Å². The highest BCUT2D eigenvalue weighted by atomic mass is 16.7. The van der Waals surface area contributed by atoms with Crippen LogP contribution in [0.2, 0.25) is 0 Å². The summed E-state index contributed by atoms with van der Waals surface area (Å²) in [6.45, 7) is 9.85. The molecule has 0 spiro atoms. The number of aromatic nitrogens is 2. The van der Waals surface area contributed by atoms with Gasteiger partial charge in [-0.15, -0.1) is 0 Å². The van der Waals surface area contributed by atoms with Gasteiger partial charge in [-0.25, -0.2) is 4.98 Å². The number of hydrogen-bond donors (Lipinski definition) is 0. The molecule has 5 nitrogen and oxygen atoms in total. The minimum atomic E-state index is -0.384. The van der Waals surface area contributed by atoms with Crippen molar-refractivity contribution >= 4 is 12.7 Å². The fourth-order valence-corrected chi connectivity index (χ4v) is 2.60. The van der Waals surface area contributed by atoms with Gasteiger partial charge in [0.2, 0.25) is 0 Å². The first-order valence-electron chi connectivity index (χ1n) is 7.36. The fourth-order valence-electron chi connectivity index (χ4n) is 2.60. The molecule has 1 unspecified atom stereocenters. The molecule has 2 aliphatic heterocycles. The number of ether oxygens (including phenoxy) is 1. The van der Waals surface area contributed by atoms with Crippen LogP contribution in [0.5, 0.6) is 0 Å². The summed E-state index contributed by atoms with van der Waals surface area (Å²) in [5.41, 5.74) is 0.194. The van der Waals surface area contributed by atoms with E-state index in [1.165, 1.54) is 0 Å². The zero-order valence-electron chi connectivity index (χ0n) is 12.8. The van der Waals surface area contributed by atoms with Crippen LogP contribution >= 0.6 is 0 Å². The number of imidazole rings is 1. The minimum absolute atomic E-state index is 0.324. The predicted octanol–water partition coefficient (Wildman–Crippen LogP) is 1.53. The van der Waals surface area contributed by atoms with Gasteiger partial charge < -0.3 is 18.6 Å². The molecule has 3 heterocycles. The maximum Gasteiger partial charge on any atom is 0.516 e.